The monoisotopic (exact) mass is 478 g/mol. The highest BCUT2D eigenvalue weighted by atomic mass is 32.2. The first-order valence-corrected chi connectivity index (χ1v) is 12.3. The van der Waals surface area contributed by atoms with Gasteiger partial charge in [-0.15, -0.1) is 11.3 Å². The molecule has 1 fully saturated rings. The zero-order chi connectivity index (χ0) is 23.0. The molecule has 4 rings (SSSR count). The summed E-state index contributed by atoms with van der Waals surface area (Å²) in [5.41, 5.74) is 1.23. The Bertz CT molecular complexity index is 1280. The lowest BCUT2D eigenvalue weighted by Gasteiger charge is -2.34. The van der Waals surface area contributed by atoms with E-state index >= 15 is 0 Å². The molecule has 170 valence electrons. The van der Waals surface area contributed by atoms with Crippen molar-refractivity contribution in [2.75, 3.05) is 33.3 Å². The maximum absolute atomic E-state index is 14.4. The fourth-order valence-electron chi connectivity index (χ4n) is 3.86. The van der Waals surface area contributed by atoms with Crippen molar-refractivity contribution in [2.24, 2.45) is 0 Å². The van der Waals surface area contributed by atoms with Gasteiger partial charge in [-0.2, -0.15) is 4.31 Å². The van der Waals surface area contributed by atoms with Crippen LogP contribution in [0.3, 0.4) is 0 Å². The predicted molar refractivity (Wildman–Crippen MR) is 120 cm³/mol. The van der Waals surface area contributed by atoms with Gasteiger partial charge in [0.25, 0.3) is 5.91 Å². The van der Waals surface area contributed by atoms with Gasteiger partial charge in [-0.25, -0.2) is 12.8 Å². The van der Waals surface area contributed by atoms with E-state index < -0.39 is 15.8 Å². The average Bonchev–Trinajstić information content (AvgIpc) is 3.15. The smallest absolute Gasteiger partial charge is 0.264 e. The van der Waals surface area contributed by atoms with Gasteiger partial charge in [-0.3, -0.25) is 4.79 Å². The first-order chi connectivity index (χ1) is 15.2. The van der Waals surface area contributed by atoms with E-state index in [1.165, 1.54) is 41.0 Å². The van der Waals surface area contributed by atoms with Crippen LogP contribution in [0, 0.1) is 12.7 Å². The molecule has 0 saturated carbocycles. The summed E-state index contributed by atoms with van der Waals surface area (Å²) < 4.78 is 47.6. The molecule has 2 aromatic carbocycles. The lowest BCUT2D eigenvalue weighted by molar-refractivity contribution is 0.0698. The molecule has 32 heavy (non-hydrogen) atoms. The molecule has 0 spiro atoms. The third-order valence-corrected chi connectivity index (χ3v) is 8.62. The Labute approximate surface area is 189 Å². The summed E-state index contributed by atoms with van der Waals surface area (Å²) in [6, 6.07) is 9.15. The van der Waals surface area contributed by atoms with E-state index in [0.29, 0.717) is 20.5 Å². The second-order valence-electron chi connectivity index (χ2n) is 7.62. The van der Waals surface area contributed by atoms with E-state index in [4.69, 9.17) is 4.74 Å². The highest BCUT2D eigenvalue weighted by molar-refractivity contribution is 7.89. The predicted octanol–water partition coefficient (Wildman–Crippen LogP) is 3.35. The van der Waals surface area contributed by atoms with Crippen LogP contribution in [-0.4, -0.2) is 61.9 Å². The molecule has 0 aliphatic carbocycles. The van der Waals surface area contributed by atoms with E-state index in [9.17, 15) is 22.7 Å². The van der Waals surface area contributed by atoms with E-state index in [-0.39, 0.29) is 49.3 Å². The molecule has 1 aliphatic heterocycles. The summed E-state index contributed by atoms with van der Waals surface area (Å²) in [6.07, 6.45) is 0. The number of carbonyl (C=O) groups excluding carboxylic acids is 1. The molecular weight excluding hydrogens is 455 g/mol. The van der Waals surface area contributed by atoms with Crippen LogP contribution in [0.2, 0.25) is 0 Å². The third-order valence-electron chi connectivity index (χ3n) is 5.51. The fourth-order valence-corrected chi connectivity index (χ4v) is 6.64. The molecule has 1 aliphatic rings. The number of aromatic hydroxyl groups is 1. The van der Waals surface area contributed by atoms with Crippen LogP contribution in [0.4, 0.5) is 4.39 Å². The van der Waals surface area contributed by atoms with Crippen molar-refractivity contribution in [3.63, 3.8) is 0 Å². The standard InChI is InChI=1S/C22H23FN2O5S2/c1-14-6-7-17(26)19(12-14)32(28,29)25-10-8-24(9-11-25)22(27)21-15(13-30-2)20-16(23)4-3-5-18(20)31-21/h3-7,12,26H,8-11,13H2,1-2H3. The van der Waals surface area contributed by atoms with Gasteiger partial charge in [0, 0.05) is 48.9 Å². The molecular formula is C22H23FN2O5S2. The highest BCUT2D eigenvalue weighted by Crippen LogP contribution is 2.35. The van der Waals surface area contributed by atoms with Crippen molar-refractivity contribution >= 4 is 37.4 Å². The van der Waals surface area contributed by atoms with Crippen LogP contribution in [0.1, 0.15) is 20.8 Å². The van der Waals surface area contributed by atoms with Gasteiger partial charge in [0.2, 0.25) is 10.0 Å². The largest absolute Gasteiger partial charge is 0.507 e. The number of amides is 1. The van der Waals surface area contributed by atoms with E-state index in [1.54, 1.807) is 30.0 Å². The quantitative estimate of drug-likeness (QED) is 0.608. The number of aryl methyl sites for hydroxylation is 1. The number of piperazine rings is 1. The average molecular weight is 479 g/mol. The number of ether oxygens (including phenoxy) is 1. The second-order valence-corrected chi connectivity index (χ2v) is 10.6. The first-order valence-electron chi connectivity index (χ1n) is 10.0. The zero-order valence-electron chi connectivity index (χ0n) is 17.7. The number of halogens is 1. The third kappa shape index (κ3) is 3.99. The van der Waals surface area contributed by atoms with Crippen molar-refractivity contribution in [1.82, 2.24) is 9.21 Å². The Morgan fingerprint density at radius 2 is 1.91 bits per heavy atom. The molecule has 7 nitrogen and oxygen atoms in total. The summed E-state index contributed by atoms with van der Waals surface area (Å²) in [6.45, 7) is 2.42. The van der Waals surface area contributed by atoms with Crippen LogP contribution in [0.25, 0.3) is 10.1 Å². The van der Waals surface area contributed by atoms with Crippen LogP contribution in [0.5, 0.6) is 5.75 Å². The molecule has 1 aromatic heterocycles. The minimum atomic E-state index is -3.89. The van der Waals surface area contributed by atoms with Crippen LogP contribution >= 0.6 is 11.3 Å². The number of methoxy groups -OCH3 is 1. The summed E-state index contributed by atoms with van der Waals surface area (Å²) in [5, 5.41) is 10.4. The van der Waals surface area contributed by atoms with Crippen molar-refractivity contribution in [3.8, 4) is 5.75 Å². The molecule has 1 saturated heterocycles. The van der Waals surface area contributed by atoms with Gasteiger partial charge in [0.05, 0.1) is 11.5 Å². The Morgan fingerprint density at radius 1 is 1.19 bits per heavy atom. The number of hydrogen-bond donors (Lipinski definition) is 1. The number of benzene rings is 2. The molecule has 10 heteroatoms. The van der Waals surface area contributed by atoms with E-state index in [0.717, 1.165) is 5.56 Å². The number of fused-ring (bicyclic) bond motifs is 1. The Balaban J connectivity index is 1.56. The van der Waals surface area contributed by atoms with Gasteiger partial charge in [-0.1, -0.05) is 12.1 Å². The second kappa shape index (κ2) is 8.78. The zero-order valence-corrected chi connectivity index (χ0v) is 19.3. The molecule has 0 unspecified atom stereocenters. The Hall–Kier alpha value is -2.53. The summed E-state index contributed by atoms with van der Waals surface area (Å²) in [7, 11) is -2.40. The van der Waals surface area contributed by atoms with Crippen molar-refractivity contribution in [2.45, 2.75) is 18.4 Å². The van der Waals surface area contributed by atoms with Crippen LogP contribution < -0.4 is 0 Å². The van der Waals surface area contributed by atoms with Crippen molar-refractivity contribution in [3.05, 3.63) is 58.2 Å². The number of phenolic OH excluding ortho intramolecular Hbond substituents is 1. The lowest BCUT2D eigenvalue weighted by atomic mass is 10.1. The van der Waals surface area contributed by atoms with Crippen LogP contribution in [-0.2, 0) is 21.4 Å². The SMILES string of the molecule is COCc1c(C(=O)N2CCN(S(=O)(=O)c3cc(C)ccc3O)CC2)sc2cccc(F)c12. The number of rotatable bonds is 5. The van der Waals surface area contributed by atoms with E-state index in [1.807, 2.05) is 0 Å². The number of nitrogens with zero attached hydrogens (tertiary/aromatic N) is 2. The Kier molecular flexibility index (Phi) is 6.22. The fraction of sp³-hybridized carbons (Fsp3) is 0.318. The number of sulfonamides is 1. The topological polar surface area (TPSA) is 87.2 Å². The molecule has 3 aromatic rings. The number of carbonyl (C=O) groups is 1. The Morgan fingerprint density at radius 3 is 2.59 bits per heavy atom. The van der Waals surface area contributed by atoms with Crippen molar-refractivity contribution < 1.29 is 27.4 Å². The normalized spacial score (nSPS) is 15.4. The lowest BCUT2D eigenvalue weighted by Crippen LogP contribution is -2.50. The number of phenols is 1. The van der Waals surface area contributed by atoms with Crippen molar-refractivity contribution in [1.29, 1.82) is 0 Å². The maximum atomic E-state index is 14.4. The minimum absolute atomic E-state index is 0.0975. The van der Waals surface area contributed by atoms with E-state index in [2.05, 4.69) is 0 Å². The number of thiophene rings is 1. The van der Waals surface area contributed by atoms with Gasteiger partial charge in [-0.05, 0) is 36.8 Å². The molecule has 2 heterocycles. The van der Waals surface area contributed by atoms with Gasteiger partial charge >= 0.3 is 0 Å². The summed E-state index contributed by atoms with van der Waals surface area (Å²) >= 11 is 1.21. The summed E-state index contributed by atoms with van der Waals surface area (Å²) in [5.74, 6) is -0.975. The highest BCUT2D eigenvalue weighted by Gasteiger charge is 2.33. The first kappa shape index (κ1) is 22.7. The number of hydrogen-bond acceptors (Lipinski definition) is 6. The van der Waals surface area contributed by atoms with Gasteiger partial charge in [0.1, 0.15) is 16.5 Å². The molecule has 1 amide bonds. The van der Waals surface area contributed by atoms with Crippen LogP contribution in [0.15, 0.2) is 41.3 Å². The van der Waals surface area contributed by atoms with Gasteiger partial charge < -0.3 is 14.7 Å². The summed E-state index contributed by atoms with van der Waals surface area (Å²) in [4.78, 5) is 15.1. The molecule has 1 N–H and O–H groups in total. The molecule has 0 atom stereocenters. The maximum Gasteiger partial charge on any atom is 0.264 e. The molecule has 0 bridgehead atoms. The molecule has 0 radical (unpaired) electrons. The van der Waals surface area contributed by atoms with Gasteiger partial charge in [0.15, 0.2) is 0 Å². The minimum Gasteiger partial charge on any atom is -0.507 e.